The number of ether oxygens (including phenoxy) is 2. The van der Waals surface area contributed by atoms with E-state index >= 15 is 0 Å². The summed E-state index contributed by atoms with van der Waals surface area (Å²) in [6.07, 6.45) is 2.01. The highest BCUT2D eigenvalue weighted by molar-refractivity contribution is 5.35. The highest BCUT2D eigenvalue weighted by Crippen LogP contribution is 2.30. The maximum atomic E-state index is 5.62. The first-order chi connectivity index (χ1) is 9.35. The molecule has 0 aliphatic carbocycles. The van der Waals surface area contributed by atoms with Crippen LogP contribution in [0, 0.1) is 0 Å². The first-order valence-corrected chi connectivity index (χ1v) is 6.54. The molecule has 0 spiro atoms. The summed E-state index contributed by atoms with van der Waals surface area (Å²) < 4.78 is 11.0. The minimum absolute atomic E-state index is 0.0661. The average Bonchev–Trinajstić information content (AvgIpc) is 2.49. The summed E-state index contributed by atoms with van der Waals surface area (Å²) in [7, 11) is 3.45. The van der Waals surface area contributed by atoms with Gasteiger partial charge in [0.1, 0.15) is 5.75 Å². The summed E-state index contributed by atoms with van der Waals surface area (Å²) >= 11 is 0. The third kappa shape index (κ3) is 3.58. The Balaban J connectivity index is 2.08. The molecule has 0 saturated carbocycles. The Labute approximate surface area is 115 Å². The summed E-state index contributed by atoms with van der Waals surface area (Å²) in [6, 6.07) is 18.5. The fourth-order valence-corrected chi connectivity index (χ4v) is 2.28. The summed E-state index contributed by atoms with van der Waals surface area (Å²) in [5.74, 6) is 0.891. The van der Waals surface area contributed by atoms with Gasteiger partial charge >= 0.3 is 0 Å². The zero-order valence-corrected chi connectivity index (χ0v) is 11.5. The lowest BCUT2D eigenvalue weighted by Gasteiger charge is -2.18. The van der Waals surface area contributed by atoms with E-state index in [1.54, 1.807) is 14.2 Å². The Bertz CT molecular complexity index is 494. The molecule has 2 heteroatoms. The molecule has 0 N–H and O–H groups in total. The van der Waals surface area contributed by atoms with E-state index in [0.29, 0.717) is 0 Å². The number of hydrogen-bond acceptors (Lipinski definition) is 2. The molecular weight excluding hydrogens is 236 g/mol. The van der Waals surface area contributed by atoms with Crippen molar-refractivity contribution >= 4 is 0 Å². The van der Waals surface area contributed by atoms with Crippen LogP contribution in [0.15, 0.2) is 54.6 Å². The van der Waals surface area contributed by atoms with Crippen LogP contribution < -0.4 is 4.74 Å². The number of hydrogen-bond donors (Lipinski definition) is 0. The van der Waals surface area contributed by atoms with Crippen LogP contribution in [0.5, 0.6) is 5.75 Å². The molecule has 1 unspecified atom stereocenters. The second kappa shape index (κ2) is 6.95. The van der Waals surface area contributed by atoms with E-state index < -0.39 is 0 Å². The lowest BCUT2D eigenvalue weighted by Crippen LogP contribution is -2.05. The van der Waals surface area contributed by atoms with Crippen molar-refractivity contribution in [2.45, 2.75) is 18.9 Å². The Morgan fingerprint density at radius 3 is 2.26 bits per heavy atom. The Morgan fingerprint density at radius 1 is 0.895 bits per heavy atom. The second-order valence-corrected chi connectivity index (χ2v) is 4.49. The molecule has 0 saturated heterocycles. The summed E-state index contributed by atoms with van der Waals surface area (Å²) in [5, 5.41) is 0. The van der Waals surface area contributed by atoms with Crippen molar-refractivity contribution in [3.8, 4) is 5.75 Å². The van der Waals surface area contributed by atoms with Crippen molar-refractivity contribution in [2.75, 3.05) is 14.2 Å². The third-order valence-electron chi connectivity index (χ3n) is 3.31. The van der Waals surface area contributed by atoms with Crippen LogP contribution in [0.2, 0.25) is 0 Å². The molecule has 1 atom stereocenters. The van der Waals surface area contributed by atoms with Crippen molar-refractivity contribution in [3.63, 3.8) is 0 Å². The molecule has 2 rings (SSSR count). The van der Waals surface area contributed by atoms with Crippen LogP contribution in [0.4, 0.5) is 0 Å². The van der Waals surface area contributed by atoms with Gasteiger partial charge in [0.2, 0.25) is 0 Å². The van der Waals surface area contributed by atoms with Gasteiger partial charge in [-0.2, -0.15) is 0 Å². The largest absolute Gasteiger partial charge is 0.496 e. The molecule has 0 aromatic heterocycles. The van der Waals surface area contributed by atoms with Crippen molar-refractivity contribution in [2.24, 2.45) is 0 Å². The topological polar surface area (TPSA) is 18.5 Å². The lowest BCUT2D eigenvalue weighted by atomic mass is 10.0. The molecule has 0 aliphatic rings. The molecule has 0 aliphatic heterocycles. The smallest absolute Gasteiger partial charge is 0.124 e. The van der Waals surface area contributed by atoms with Gasteiger partial charge in [0, 0.05) is 12.7 Å². The van der Waals surface area contributed by atoms with E-state index in [-0.39, 0.29) is 6.10 Å². The zero-order chi connectivity index (χ0) is 13.5. The number of benzene rings is 2. The van der Waals surface area contributed by atoms with Gasteiger partial charge in [-0.3, -0.25) is 0 Å². The van der Waals surface area contributed by atoms with Gasteiger partial charge in [-0.1, -0.05) is 48.5 Å². The molecule has 0 amide bonds. The Hall–Kier alpha value is -1.80. The third-order valence-corrected chi connectivity index (χ3v) is 3.31. The fourth-order valence-electron chi connectivity index (χ4n) is 2.28. The van der Waals surface area contributed by atoms with Crippen LogP contribution in [-0.2, 0) is 11.2 Å². The molecule has 0 fully saturated rings. The van der Waals surface area contributed by atoms with Crippen LogP contribution in [-0.4, -0.2) is 14.2 Å². The molecule has 100 valence electrons. The molecule has 0 bridgehead atoms. The Morgan fingerprint density at radius 2 is 1.58 bits per heavy atom. The van der Waals surface area contributed by atoms with E-state index in [1.165, 1.54) is 5.56 Å². The molecule has 2 aromatic rings. The standard InChI is InChI=1S/C17H20O2/c1-18-16-11-7-6-10-15(16)17(19-2)13-12-14-8-4-3-5-9-14/h3-11,17H,12-13H2,1-2H3. The van der Waals surface area contributed by atoms with Gasteiger partial charge in [0.15, 0.2) is 0 Å². The number of aryl methyl sites for hydroxylation is 1. The van der Waals surface area contributed by atoms with E-state index in [9.17, 15) is 0 Å². The van der Waals surface area contributed by atoms with Gasteiger partial charge in [0.05, 0.1) is 13.2 Å². The maximum absolute atomic E-state index is 5.62. The highest BCUT2D eigenvalue weighted by Gasteiger charge is 2.14. The molecule has 2 aromatic carbocycles. The minimum atomic E-state index is 0.0661. The Kier molecular flexibility index (Phi) is 4.99. The number of methoxy groups -OCH3 is 2. The van der Waals surface area contributed by atoms with Gasteiger partial charge < -0.3 is 9.47 Å². The normalized spacial score (nSPS) is 12.1. The quantitative estimate of drug-likeness (QED) is 0.777. The molecule has 0 heterocycles. The summed E-state index contributed by atoms with van der Waals surface area (Å²) in [6.45, 7) is 0. The van der Waals surface area contributed by atoms with E-state index in [2.05, 4.69) is 30.3 Å². The molecule has 2 nitrogen and oxygen atoms in total. The van der Waals surface area contributed by atoms with Crippen LogP contribution >= 0.6 is 0 Å². The predicted octanol–water partition coefficient (Wildman–Crippen LogP) is 4.02. The second-order valence-electron chi connectivity index (χ2n) is 4.49. The summed E-state index contributed by atoms with van der Waals surface area (Å²) in [5.41, 5.74) is 2.45. The molecule has 0 radical (unpaired) electrons. The zero-order valence-electron chi connectivity index (χ0n) is 11.5. The highest BCUT2D eigenvalue weighted by atomic mass is 16.5. The van der Waals surface area contributed by atoms with Crippen molar-refractivity contribution in [1.29, 1.82) is 0 Å². The van der Waals surface area contributed by atoms with Crippen molar-refractivity contribution in [1.82, 2.24) is 0 Å². The van der Waals surface area contributed by atoms with Gasteiger partial charge in [-0.15, -0.1) is 0 Å². The monoisotopic (exact) mass is 256 g/mol. The lowest BCUT2D eigenvalue weighted by molar-refractivity contribution is 0.0935. The number of rotatable bonds is 6. The molecular formula is C17H20O2. The van der Waals surface area contributed by atoms with Gasteiger partial charge in [-0.25, -0.2) is 0 Å². The average molecular weight is 256 g/mol. The van der Waals surface area contributed by atoms with Crippen LogP contribution in [0.1, 0.15) is 23.7 Å². The van der Waals surface area contributed by atoms with Crippen LogP contribution in [0.25, 0.3) is 0 Å². The first kappa shape index (κ1) is 13.6. The van der Waals surface area contributed by atoms with Gasteiger partial charge in [-0.05, 0) is 24.5 Å². The molecule has 19 heavy (non-hydrogen) atoms. The van der Waals surface area contributed by atoms with Gasteiger partial charge in [0.25, 0.3) is 0 Å². The number of para-hydroxylation sites is 1. The van der Waals surface area contributed by atoms with E-state index in [0.717, 1.165) is 24.2 Å². The predicted molar refractivity (Wildman–Crippen MR) is 77.5 cm³/mol. The summed E-state index contributed by atoms with van der Waals surface area (Å²) in [4.78, 5) is 0. The van der Waals surface area contributed by atoms with Crippen molar-refractivity contribution < 1.29 is 9.47 Å². The first-order valence-electron chi connectivity index (χ1n) is 6.54. The fraction of sp³-hybridized carbons (Fsp3) is 0.294. The van der Waals surface area contributed by atoms with E-state index in [1.807, 2.05) is 24.3 Å². The van der Waals surface area contributed by atoms with Crippen molar-refractivity contribution in [3.05, 3.63) is 65.7 Å². The maximum Gasteiger partial charge on any atom is 0.124 e. The van der Waals surface area contributed by atoms with E-state index in [4.69, 9.17) is 9.47 Å². The SMILES string of the molecule is COc1ccccc1C(CCc1ccccc1)OC. The minimum Gasteiger partial charge on any atom is -0.496 e. The van der Waals surface area contributed by atoms with Crippen LogP contribution in [0.3, 0.4) is 0 Å².